The van der Waals surface area contributed by atoms with Crippen molar-refractivity contribution in [1.29, 1.82) is 0 Å². The molecule has 0 bridgehead atoms. The second-order valence-electron chi connectivity index (χ2n) is 4.74. The smallest absolute Gasteiger partial charge is 0.172 e. The molecule has 2 rings (SSSR count). The molecule has 100 valence electrons. The first-order valence-corrected chi connectivity index (χ1v) is 6.69. The Morgan fingerprint density at radius 1 is 1.21 bits per heavy atom. The second-order valence-corrected chi connectivity index (χ2v) is 4.74. The van der Waals surface area contributed by atoms with E-state index in [-0.39, 0.29) is 0 Å². The summed E-state index contributed by atoms with van der Waals surface area (Å²) < 4.78 is 1.79. The van der Waals surface area contributed by atoms with Gasteiger partial charge in [0.15, 0.2) is 6.29 Å². The molecule has 0 spiro atoms. The van der Waals surface area contributed by atoms with E-state index in [9.17, 15) is 4.79 Å². The van der Waals surface area contributed by atoms with Gasteiger partial charge in [0.25, 0.3) is 0 Å². The number of hydrogen-bond acceptors (Lipinski definition) is 3. The lowest BCUT2D eigenvalue weighted by Gasteiger charge is -2.15. The topological polar surface area (TPSA) is 47.8 Å². The van der Waals surface area contributed by atoms with Crippen molar-refractivity contribution in [1.82, 2.24) is 15.0 Å². The van der Waals surface area contributed by atoms with Crippen LogP contribution in [0.3, 0.4) is 0 Å². The maximum absolute atomic E-state index is 11.1. The number of rotatable bonds is 5. The lowest BCUT2D eigenvalue weighted by Crippen LogP contribution is -2.08. The second kappa shape index (κ2) is 5.78. The Balaban J connectivity index is 2.54. The number of aryl methyl sites for hydroxylation is 1. The predicted molar refractivity (Wildman–Crippen MR) is 74.8 cm³/mol. The van der Waals surface area contributed by atoms with Crippen LogP contribution in [-0.2, 0) is 0 Å². The number of aromatic nitrogens is 3. The Kier molecular flexibility index (Phi) is 4.10. The summed E-state index contributed by atoms with van der Waals surface area (Å²) in [6, 6.07) is 8.08. The van der Waals surface area contributed by atoms with Crippen LogP contribution >= 0.6 is 0 Å². The van der Waals surface area contributed by atoms with Crippen molar-refractivity contribution in [2.45, 2.75) is 39.5 Å². The standard InChI is InChI=1S/C15H19N3O/c1-4-12(5-2)15-14(10-19)16-17-18(15)13-8-6-11(3)7-9-13/h6-10,12H,4-5H2,1-3H3. The molecule has 0 fully saturated rings. The lowest BCUT2D eigenvalue weighted by molar-refractivity contribution is 0.111. The molecule has 19 heavy (non-hydrogen) atoms. The van der Waals surface area contributed by atoms with Gasteiger partial charge in [-0.25, -0.2) is 4.68 Å². The number of hydrogen-bond donors (Lipinski definition) is 0. The van der Waals surface area contributed by atoms with E-state index in [0.29, 0.717) is 11.6 Å². The highest BCUT2D eigenvalue weighted by Crippen LogP contribution is 2.26. The molecule has 0 saturated heterocycles. The van der Waals surface area contributed by atoms with E-state index in [0.717, 1.165) is 30.5 Å². The maximum atomic E-state index is 11.1. The SMILES string of the molecule is CCC(CC)c1c(C=O)nnn1-c1ccc(C)cc1. The van der Waals surface area contributed by atoms with Gasteiger partial charge in [-0.3, -0.25) is 4.79 Å². The van der Waals surface area contributed by atoms with Gasteiger partial charge in [-0.05, 0) is 31.9 Å². The van der Waals surface area contributed by atoms with Crippen molar-refractivity contribution in [2.75, 3.05) is 0 Å². The first-order chi connectivity index (χ1) is 9.21. The Bertz CT molecular complexity index is 553. The summed E-state index contributed by atoms with van der Waals surface area (Å²) >= 11 is 0. The van der Waals surface area contributed by atoms with Gasteiger partial charge in [0.1, 0.15) is 5.69 Å². The van der Waals surface area contributed by atoms with Crippen LogP contribution in [0.4, 0.5) is 0 Å². The predicted octanol–water partition coefficient (Wildman–Crippen LogP) is 3.29. The molecule has 0 N–H and O–H groups in total. The van der Waals surface area contributed by atoms with Gasteiger partial charge in [-0.2, -0.15) is 0 Å². The molecule has 0 amide bonds. The van der Waals surface area contributed by atoms with Crippen LogP contribution in [0.15, 0.2) is 24.3 Å². The minimum Gasteiger partial charge on any atom is -0.296 e. The molecule has 0 atom stereocenters. The quantitative estimate of drug-likeness (QED) is 0.772. The molecule has 1 aromatic carbocycles. The van der Waals surface area contributed by atoms with Crippen LogP contribution in [0.2, 0.25) is 0 Å². The fraction of sp³-hybridized carbons (Fsp3) is 0.400. The van der Waals surface area contributed by atoms with E-state index < -0.39 is 0 Å². The molecule has 0 unspecified atom stereocenters. The summed E-state index contributed by atoms with van der Waals surface area (Å²) in [7, 11) is 0. The van der Waals surface area contributed by atoms with Gasteiger partial charge >= 0.3 is 0 Å². The number of aldehydes is 1. The Labute approximate surface area is 113 Å². The van der Waals surface area contributed by atoms with Gasteiger partial charge in [0.05, 0.1) is 11.4 Å². The number of carbonyl (C=O) groups excluding carboxylic acids is 1. The Hall–Kier alpha value is -1.97. The molecule has 2 aromatic rings. The largest absolute Gasteiger partial charge is 0.296 e. The first kappa shape index (κ1) is 13.5. The average Bonchev–Trinajstić information content (AvgIpc) is 2.85. The normalized spacial score (nSPS) is 10.9. The summed E-state index contributed by atoms with van der Waals surface area (Å²) in [6.45, 7) is 6.29. The van der Waals surface area contributed by atoms with Crippen LogP contribution in [0.5, 0.6) is 0 Å². The van der Waals surface area contributed by atoms with E-state index in [1.54, 1.807) is 4.68 Å². The van der Waals surface area contributed by atoms with Crippen molar-refractivity contribution in [2.24, 2.45) is 0 Å². The van der Waals surface area contributed by atoms with Gasteiger partial charge in [-0.15, -0.1) is 5.10 Å². The van der Waals surface area contributed by atoms with E-state index in [1.165, 1.54) is 5.56 Å². The van der Waals surface area contributed by atoms with E-state index in [2.05, 4.69) is 24.2 Å². The van der Waals surface area contributed by atoms with E-state index in [4.69, 9.17) is 0 Å². The van der Waals surface area contributed by atoms with E-state index in [1.807, 2.05) is 31.2 Å². The summed E-state index contributed by atoms with van der Waals surface area (Å²) in [5.41, 5.74) is 3.52. The first-order valence-electron chi connectivity index (χ1n) is 6.69. The minimum atomic E-state index is 0.302. The molecular formula is C15H19N3O. The molecule has 1 aromatic heterocycles. The molecule has 0 aliphatic rings. The van der Waals surface area contributed by atoms with Crippen molar-refractivity contribution < 1.29 is 4.79 Å². The zero-order valence-electron chi connectivity index (χ0n) is 11.6. The third-order valence-corrected chi connectivity index (χ3v) is 3.49. The average molecular weight is 257 g/mol. The number of benzene rings is 1. The number of carbonyl (C=O) groups is 1. The molecule has 1 heterocycles. The van der Waals surface area contributed by atoms with Gasteiger partial charge in [0, 0.05) is 5.92 Å². The van der Waals surface area contributed by atoms with Crippen LogP contribution < -0.4 is 0 Å². The highest BCUT2D eigenvalue weighted by atomic mass is 16.1. The zero-order chi connectivity index (χ0) is 13.8. The molecule has 0 aliphatic carbocycles. The zero-order valence-corrected chi connectivity index (χ0v) is 11.6. The molecule has 0 aliphatic heterocycles. The van der Waals surface area contributed by atoms with Gasteiger partial charge in [-0.1, -0.05) is 36.8 Å². The highest BCUT2D eigenvalue weighted by Gasteiger charge is 2.20. The molecule has 0 radical (unpaired) electrons. The highest BCUT2D eigenvalue weighted by molar-refractivity contribution is 5.74. The van der Waals surface area contributed by atoms with Gasteiger partial charge in [0.2, 0.25) is 0 Å². The Morgan fingerprint density at radius 2 is 1.84 bits per heavy atom. The summed E-state index contributed by atoms with van der Waals surface area (Å²) in [4.78, 5) is 11.1. The Morgan fingerprint density at radius 3 is 2.37 bits per heavy atom. The third kappa shape index (κ3) is 2.57. The van der Waals surface area contributed by atoms with Crippen molar-refractivity contribution in [3.8, 4) is 5.69 Å². The minimum absolute atomic E-state index is 0.302. The molecule has 4 nitrogen and oxygen atoms in total. The maximum Gasteiger partial charge on any atom is 0.172 e. The van der Waals surface area contributed by atoms with E-state index >= 15 is 0 Å². The van der Waals surface area contributed by atoms with Crippen LogP contribution in [0, 0.1) is 6.92 Å². The van der Waals surface area contributed by atoms with Gasteiger partial charge < -0.3 is 0 Å². The molecular weight excluding hydrogens is 238 g/mol. The lowest BCUT2D eigenvalue weighted by atomic mass is 9.97. The fourth-order valence-corrected chi connectivity index (χ4v) is 2.32. The molecule has 4 heteroatoms. The fourth-order valence-electron chi connectivity index (χ4n) is 2.32. The van der Waals surface area contributed by atoms with Crippen LogP contribution in [0.25, 0.3) is 5.69 Å². The van der Waals surface area contributed by atoms with Crippen molar-refractivity contribution >= 4 is 6.29 Å². The van der Waals surface area contributed by atoms with Crippen molar-refractivity contribution in [3.63, 3.8) is 0 Å². The number of nitrogens with zero attached hydrogens (tertiary/aromatic N) is 3. The summed E-state index contributed by atoms with van der Waals surface area (Å²) in [5, 5.41) is 8.13. The monoisotopic (exact) mass is 257 g/mol. The molecule has 0 saturated carbocycles. The summed E-state index contributed by atoms with van der Waals surface area (Å²) in [6.07, 6.45) is 2.73. The summed E-state index contributed by atoms with van der Waals surface area (Å²) in [5.74, 6) is 0.302. The van der Waals surface area contributed by atoms with Crippen LogP contribution in [-0.4, -0.2) is 21.3 Å². The third-order valence-electron chi connectivity index (χ3n) is 3.49. The van der Waals surface area contributed by atoms with Crippen LogP contribution in [0.1, 0.15) is 54.4 Å². The van der Waals surface area contributed by atoms with Crippen molar-refractivity contribution in [3.05, 3.63) is 41.2 Å².